The number of aliphatic hydroxyl groups is 1. The summed E-state index contributed by atoms with van der Waals surface area (Å²) >= 11 is 0. The van der Waals surface area contributed by atoms with Crippen molar-refractivity contribution in [3.8, 4) is 6.07 Å². The van der Waals surface area contributed by atoms with Crippen LogP contribution in [0.15, 0.2) is 41.7 Å². The third kappa shape index (κ3) is 3.92. The molecular weight excluding hydrogens is 292 g/mol. The number of anilines is 1. The Morgan fingerprint density at radius 3 is 2.61 bits per heavy atom. The van der Waals surface area contributed by atoms with Crippen molar-refractivity contribution in [3.63, 3.8) is 0 Å². The van der Waals surface area contributed by atoms with Crippen LogP contribution in [0.25, 0.3) is 0 Å². The van der Waals surface area contributed by atoms with Gasteiger partial charge in [0.2, 0.25) is 0 Å². The molecule has 0 aromatic heterocycles. The van der Waals surface area contributed by atoms with Gasteiger partial charge >= 0.3 is 5.97 Å². The third-order valence-corrected chi connectivity index (χ3v) is 3.95. The van der Waals surface area contributed by atoms with Gasteiger partial charge in [-0.15, -0.1) is 0 Å². The van der Waals surface area contributed by atoms with Crippen molar-refractivity contribution >= 4 is 11.7 Å². The normalized spacial score (nSPS) is 15.6. The lowest BCUT2D eigenvalue weighted by Gasteiger charge is -2.19. The number of rotatable bonds is 5. The lowest BCUT2D eigenvalue weighted by atomic mass is 10.0. The highest BCUT2D eigenvalue weighted by Gasteiger charge is 2.16. The summed E-state index contributed by atoms with van der Waals surface area (Å²) in [7, 11) is 0. The van der Waals surface area contributed by atoms with Crippen LogP contribution >= 0.6 is 0 Å². The monoisotopic (exact) mass is 312 g/mol. The summed E-state index contributed by atoms with van der Waals surface area (Å²) in [4.78, 5) is 13.3. The first-order chi connectivity index (χ1) is 11.1. The highest BCUT2D eigenvalue weighted by atomic mass is 16.4. The molecule has 0 radical (unpaired) electrons. The first-order valence-corrected chi connectivity index (χ1v) is 7.64. The van der Waals surface area contributed by atoms with Gasteiger partial charge < -0.3 is 15.1 Å². The van der Waals surface area contributed by atoms with Gasteiger partial charge in [0.25, 0.3) is 0 Å². The van der Waals surface area contributed by atoms with Crippen LogP contribution in [-0.4, -0.2) is 29.3 Å². The molecular formula is C18H20N2O3. The van der Waals surface area contributed by atoms with E-state index < -0.39 is 5.97 Å². The van der Waals surface area contributed by atoms with E-state index in [0.29, 0.717) is 12.0 Å². The number of carboxylic acids is 1. The smallest absolute Gasteiger partial charge is 0.339 e. The van der Waals surface area contributed by atoms with E-state index in [1.54, 1.807) is 13.0 Å². The number of carbonyl (C=O) groups is 1. The number of aliphatic hydroxyl groups excluding tert-OH is 1. The molecule has 0 bridgehead atoms. The number of carboxylic acid groups (broad SMARTS) is 1. The summed E-state index contributed by atoms with van der Waals surface area (Å²) in [5.41, 5.74) is 2.25. The van der Waals surface area contributed by atoms with E-state index in [4.69, 9.17) is 5.11 Å². The molecule has 1 aromatic rings. The molecule has 1 saturated heterocycles. The number of aliphatic carboxylic acids is 1. The molecule has 23 heavy (non-hydrogen) atoms. The lowest BCUT2D eigenvalue weighted by Crippen LogP contribution is -2.18. The molecule has 5 heteroatoms. The maximum Gasteiger partial charge on any atom is 0.339 e. The SMILES string of the molecule is C/C=C(O)\C(=C/Cc1ccc(N2CCCC2)c(C#N)c1)C(=O)O. The fraction of sp³-hybridized carbons (Fsp3) is 0.333. The summed E-state index contributed by atoms with van der Waals surface area (Å²) in [5, 5.41) is 28.1. The number of nitriles is 1. The zero-order valence-corrected chi connectivity index (χ0v) is 13.1. The molecule has 0 aliphatic carbocycles. The van der Waals surface area contributed by atoms with Gasteiger partial charge in [-0.3, -0.25) is 0 Å². The molecule has 0 spiro atoms. The first-order valence-electron chi connectivity index (χ1n) is 7.64. The molecule has 5 nitrogen and oxygen atoms in total. The first kappa shape index (κ1) is 16.6. The van der Waals surface area contributed by atoms with E-state index in [9.17, 15) is 15.2 Å². The van der Waals surface area contributed by atoms with Gasteiger partial charge in [-0.25, -0.2) is 4.79 Å². The minimum absolute atomic E-state index is 0.130. The van der Waals surface area contributed by atoms with Crippen molar-refractivity contribution in [3.05, 3.63) is 52.8 Å². The second-order valence-electron chi connectivity index (χ2n) is 5.46. The number of allylic oxidation sites excluding steroid dienone is 2. The fourth-order valence-corrected chi connectivity index (χ4v) is 2.71. The number of benzene rings is 1. The molecule has 120 valence electrons. The van der Waals surface area contributed by atoms with E-state index in [1.807, 2.05) is 12.1 Å². The van der Waals surface area contributed by atoms with Crippen molar-refractivity contribution in [2.24, 2.45) is 0 Å². The summed E-state index contributed by atoms with van der Waals surface area (Å²) in [5.74, 6) is -1.43. The Morgan fingerprint density at radius 1 is 1.35 bits per heavy atom. The maximum atomic E-state index is 11.1. The van der Waals surface area contributed by atoms with Crippen LogP contribution in [0.5, 0.6) is 0 Å². The second kappa shape index (κ2) is 7.50. The van der Waals surface area contributed by atoms with Crippen LogP contribution < -0.4 is 4.90 Å². The molecule has 1 aliphatic heterocycles. The van der Waals surface area contributed by atoms with Crippen molar-refractivity contribution in [2.75, 3.05) is 18.0 Å². The Morgan fingerprint density at radius 2 is 2.04 bits per heavy atom. The van der Waals surface area contributed by atoms with Crippen LogP contribution in [-0.2, 0) is 11.2 Å². The van der Waals surface area contributed by atoms with Crippen molar-refractivity contribution in [2.45, 2.75) is 26.2 Å². The Hall–Kier alpha value is -2.74. The van der Waals surface area contributed by atoms with Gasteiger partial charge in [0.05, 0.1) is 16.8 Å². The van der Waals surface area contributed by atoms with Crippen molar-refractivity contribution in [1.82, 2.24) is 0 Å². The van der Waals surface area contributed by atoms with E-state index in [0.717, 1.165) is 37.2 Å². The molecule has 1 aromatic carbocycles. The van der Waals surface area contributed by atoms with Gasteiger partial charge in [0.15, 0.2) is 0 Å². The lowest BCUT2D eigenvalue weighted by molar-refractivity contribution is -0.132. The predicted octanol–water partition coefficient (Wildman–Crippen LogP) is 3.17. The zero-order valence-electron chi connectivity index (χ0n) is 13.1. The predicted molar refractivity (Wildman–Crippen MR) is 88.4 cm³/mol. The van der Waals surface area contributed by atoms with Crippen molar-refractivity contribution < 1.29 is 15.0 Å². The fourth-order valence-electron chi connectivity index (χ4n) is 2.71. The Labute approximate surface area is 135 Å². The quantitative estimate of drug-likeness (QED) is 0.495. The average Bonchev–Trinajstić information content (AvgIpc) is 3.08. The Kier molecular flexibility index (Phi) is 5.42. The number of nitrogens with zero attached hydrogens (tertiary/aromatic N) is 2. The Balaban J connectivity index is 2.24. The van der Waals surface area contributed by atoms with Gasteiger partial charge in [-0.2, -0.15) is 5.26 Å². The van der Waals surface area contributed by atoms with Crippen LogP contribution in [0, 0.1) is 11.3 Å². The van der Waals surface area contributed by atoms with Gasteiger partial charge in [0.1, 0.15) is 11.8 Å². The summed E-state index contributed by atoms with van der Waals surface area (Å²) in [6, 6.07) is 7.83. The molecule has 2 N–H and O–H groups in total. The van der Waals surface area contributed by atoms with E-state index in [2.05, 4.69) is 11.0 Å². The summed E-state index contributed by atoms with van der Waals surface area (Å²) in [6.07, 6.45) is 5.43. The van der Waals surface area contributed by atoms with Crippen LogP contribution in [0.2, 0.25) is 0 Å². The third-order valence-electron chi connectivity index (χ3n) is 3.95. The molecule has 0 amide bonds. The van der Waals surface area contributed by atoms with Crippen LogP contribution in [0.4, 0.5) is 5.69 Å². The Bertz CT molecular complexity index is 693. The molecule has 2 rings (SSSR count). The standard InChI is InChI=1S/C18H20N2O3/c1-2-17(21)15(18(22)23)7-5-13-6-8-16(14(11-13)12-19)20-9-3-4-10-20/h2,6-8,11,21H,3-5,9-10H2,1H3,(H,22,23)/b15-7+,17-2+. The maximum absolute atomic E-state index is 11.1. The van der Waals surface area contributed by atoms with Crippen LogP contribution in [0.3, 0.4) is 0 Å². The largest absolute Gasteiger partial charge is 0.507 e. The highest BCUT2D eigenvalue weighted by molar-refractivity contribution is 5.90. The van der Waals surface area contributed by atoms with Gasteiger partial charge in [-0.1, -0.05) is 12.1 Å². The summed E-state index contributed by atoms with van der Waals surface area (Å²) in [6.45, 7) is 3.50. The highest BCUT2D eigenvalue weighted by Crippen LogP contribution is 2.25. The van der Waals surface area contributed by atoms with Crippen molar-refractivity contribution in [1.29, 1.82) is 5.26 Å². The molecule has 0 saturated carbocycles. The zero-order chi connectivity index (χ0) is 16.8. The van der Waals surface area contributed by atoms with E-state index in [1.165, 1.54) is 12.2 Å². The molecule has 0 atom stereocenters. The van der Waals surface area contributed by atoms with Gasteiger partial charge in [0, 0.05) is 13.1 Å². The molecule has 1 aliphatic rings. The minimum atomic E-state index is -1.17. The second-order valence-corrected chi connectivity index (χ2v) is 5.46. The topological polar surface area (TPSA) is 84.6 Å². The number of hydrogen-bond donors (Lipinski definition) is 2. The molecule has 0 unspecified atom stereocenters. The minimum Gasteiger partial charge on any atom is -0.507 e. The molecule has 1 fully saturated rings. The molecule has 1 heterocycles. The summed E-state index contributed by atoms with van der Waals surface area (Å²) < 4.78 is 0. The number of hydrogen-bond acceptors (Lipinski definition) is 4. The van der Waals surface area contributed by atoms with Crippen LogP contribution in [0.1, 0.15) is 30.9 Å². The van der Waals surface area contributed by atoms with Gasteiger partial charge in [-0.05, 0) is 50.0 Å². The van der Waals surface area contributed by atoms with E-state index in [-0.39, 0.29) is 11.3 Å². The average molecular weight is 312 g/mol. The van der Waals surface area contributed by atoms with E-state index >= 15 is 0 Å².